The van der Waals surface area contributed by atoms with E-state index in [1.807, 2.05) is 42.7 Å². The number of nitrogens with zero attached hydrogens (tertiary/aromatic N) is 1. The van der Waals surface area contributed by atoms with Crippen molar-refractivity contribution in [2.45, 2.75) is 18.7 Å². The van der Waals surface area contributed by atoms with Gasteiger partial charge in [0.05, 0.1) is 0 Å². The van der Waals surface area contributed by atoms with Crippen LogP contribution in [0.25, 0.3) is 0 Å². The Balaban J connectivity index is 0.000000218. The van der Waals surface area contributed by atoms with E-state index in [0.29, 0.717) is 5.56 Å². The van der Waals surface area contributed by atoms with Gasteiger partial charge < -0.3 is 0 Å². The van der Waals surface area contributed by atoms with Crippen molar-refractivity contribution in [1.82, 2.24) is 0 Å². The van der Waals surface area contributed by atoms with Crippen molar-refractivity contribution in [3.05, 3.63) is 65.2 Å². The molecule has 0 fully saturated rings. The van der Waals surface area contributed by atoms with Gasteiger partial charge in [0, 0.05) is 10.5 Å². The van der Waals surface area contributed by atoms with Gasteiger partial charge in [-0.2, -0.15) is 5.26 Å². The van der Waals surface area contributed by atoms with Crippen LogP contribution in [-0.2, 0) is 0 Å². The molecule has 0 aliphatic heterocycles. The van der Waals surface area contributed by atoms with E-state index in [1.165, 1.54) is 5.56 Å². The Morgan fingerprint density at radius 2 is 1.74 bits per heavy atom. The fourth-order valence-electron chi connectivity index (χ4n) is 1.41. The highest BCUT2D eigenvalue weighted by Gasteiger charge is 2.01. The van der Waals surface area contributed by atoms with Gasteiger partial charge in [-0.15, -0.1) is 0 Å². The first-order valence-electron chi connectivity index (χ1n) is 5.80. The third-order valence-corrected chi connectivity index (χ3v) is 3.06. The summed E-state index contributed by atoms with van der Waals surface area (Å²) in [5.41, 5.74) is 2.95. The molecule has 0 spiro atoms. The Morgan fingerprint density at radius 1 is 1.05 bits per heavy atom. The number of hydrogen-bond donors (Lipinski definition) is 0. The number of carbonyl (C=O) groups is 1. The van der Waals surface area contributed by atoms with E-state index in [9.17, 15) is 4.79 Å². The predicted octanol–water partition coefficient (Wildman–Crippen LogP) is 4.38. The second-order valence-electron chi connectivity index (χ2n) is 4.01. The average molecular weight is 269 g/mol. The van der Waals surface area contributed by atoms with E-state index in [0.717, 1.165) is 28.5 Å². The molecular formula is C16H15NOS. The molecular weight excluding hydrogens is 254 g/mol. The van der Waals surface area contributed by atoms with Crippen molar-refractivity contribution in [1.29, 1.82) is 5.26 Å². The maximum atomic E-state index is 10.5. The molecule has 2 nitrogen and oxygen atoms in total. The van der Waals surface area contributed by atoms with Gasteiger partial charge in [-0.3, -0.25) is 4.79 Å². The molecule has 0 aliphatic carbocycles. The predicted molar refractivity (Wildman–Crippen MR) is 79.2 cm³/mol. The Morgan fingerprint density at radius 3 is 2.21 bits per heavy atom. The quantitative estimate of drug-likeness (QED) is 0.461. The summed E-state index contributed by atoms with van der Waals surface area (Å²) in [4.78, 5) is 11.2. The molecule has 0 bridgehead atoms. The van der Waals surface area contributed by atoms with Crippen molar-refractivity contribution in [2.75, 3.05) is 0 Å². The molecule has 0 N–H and O–H groups in total. The molecule has 2 aromatic carbocycles. The van der Waals surface area contributed by atoms with Crippen LogP contribution in [0.3, 0.4) is 0 Å². The summed E-state index contributed by atoms with van der Waals surface area (Å²) >= 11 is 1.01. The Hall–Kier alpha value is -2.05. The zero-order valence-electron chi connectivity index (χ0n) is 11.0. The van der Waals surface area contributed by atoms with Crippen LogP contribution in [-0.4, -0.2) is 6.29 Å². The number of hydrogen-bond acceptors (Lipinski definition) is 3. The minimum Gasteiger partial charge on any atom is -0.298 e. The fourth-order valence-corrected chi connectivity index (χ4v) is 1.99. The largest absolute Gasteiger partial charge is 0.298 e. The van der Waals surface area contributed by atoms with Crippen LogP contribution in [0, 0.1) is 24.5 Å². The number of thiocyanates is 1. The summed E-state index contributed by atoms with van der Waals surface area (Å²) in [6, 6.07) is 15.7. The van der Waals surface area contributed by atoms with E-state index >= 15 is 0 Å². The molecule has 0 atom stereocenters. The summed E-state index contributed by atoms with van der Waals surface area (Å²) in [6.45, 7) is 4.01. The second kappa shape index (κ2) is 8.12. The summed E-state index contributed by atoms with van der Waals surface area (Å²) in [5.74, 6) is 0. The number of nitriles is 1. The summed E-state index contributed by atoms with van der Waals surface area (Å²) in [5, 5.41) is 10.4. The van der Waals surface area contributed by atoms with Crippen molar-refractivity contribution < 1.29 is 4.79 Å². The Bertz CT molecular complexity index is 573. The maximum Gasteiger partial charge on any atom is 0.151 e. The minimum atomic E-state index is 0.576. The standard InChI is InChI=1S/C9H7NOS.C7H8/c1-7-2-3-8(5-11)9(4-7)12-6-10;1-7-5-3-2-4-6-7/h2-5H,1H3;2-6H,1H3. The van der Waals surface area contributed by atoms with Gasteiger partial charge >= 0.3 is 0 Å². The zero-order valence-corrected chi connectivity index (χ0v) is 11.8. The van der Waals surface area contributed by atoms with E-state index in [4.69, 9.17) is 5.26 Å². The van der Waals surface area contributed by atoms with E-state index in [1.54, 1.807) is 6.07 Å². The van der Waals surface area contributed by atoms with Crippen molar-refractivity contribution in [2.24, 2.45) is 0 Å². The van der Waals surface area contributed by atoms with Crippen molar-refractivity contribution >= 4 is 18.0 Å². The molecule has 0 saturated heterocycles. The summed E-state index contributed by atoms with van der Waals surface area (Å²) in [7, 11) is 0. The lowest BCUT2D eigenvalue weighted by molar-refractivity contribution is 0.112. The third-order valence-electron chi connectivity index (χ3n) is 2.39. The lowest BCUT2D eigenvalue weighted by Gasteiger charge is -1.99. The van der Waals surface area contributed by atoms with E-state index < -0.39 is 0 Å². The molecule has 19 heavy (non-hydrogen) atoms. The Labute approximate surface area is 118 Å². The lowest BCUT2D eigenvalue weighted by Crippen LogP contribution is -1.84. The molecule has 0 aliphatic rings. The SMILES string of the molecule is Cc1ccc(C=O)c(SC#N)c1.Cc1ccccc1. The van der Waals surface area contributed by atoms with Crippen LogP contribution in [0.5, 0.6) is 0 Å². The maximum absolute atomic E-state index is 10.5. The number of benzene rings is 2. The van der Waals surface area contributed by atoms with Gasteiger partial charge in [-0.1, -0.05) is 48.0 Å². The van der Waals surface area contributed by atoms with Gasteiger partial charge in [-0.05, 0) is 37.2 Å². The van der Waals surface area contributed by atoms with Gasteiger partial charge in [0.2, 0.25) is 0 Å². The first-order chi connectivity index (χ1) is 9.17. The summed E-state index contributed by atoms with van der Waals surface area (Å²) in [6.07, 6.45) is 0.763. The van der Waals surface area contributed by atoms with Crippen LogP contribution < -0.4 is 0 Å². The molecule has 2 rings (SSSR count). The van der Waals surface area contributed by atoms with Gasteiger partial charge in [0.25, 0.3) is 0 Å². The van der Waals surface area contributed by atoms with Crippen molar-refractivity contribution in [3.63, 3.8) is 0 Å². The number of carbonyl (C=O) groups excluding carboxylic acids is 1. The van der Waals surface area contributed by atoms with Gasteiger partial charge in [0.15, 0.2) is 6.29 Å². The zero-order chi connectivity index (χ0) is 14.1. The minimum absolute atomic E-state index is 0.576. The van der Waals surface area contributed by atoms with E-state index in [-0.39, 0.29) is 0 Å². The van der Waals surface area contributed by atoms with Crippen LogP contribution in [0.4, 0.5) is 0 Å². The molecule has 0 aromatic heterocycles. The molecule has 0 amide bonds. The topological polar surface area (TPSA) is 40.9 Å². The number of thioether (sulfide) groups is 1. The lowest BCUT2D eigenvalue weighted by atomic mass is 10.2. The first kappa shape index (κ1) is 15.0. The van der Waals surface area contributed by atoms with Gasteiger partial charge in [0.1, 0.15) is 5.40 Å². The molecule has 0 heterocycles. The molecule has 2 aromatic rings. The second-order valence-corrected chi connectivity index (χ2v) is 4.83. The van der Waals surface area contributed by atoms with Crippen LogP contribution in [0.15, 0.2) is 53.4 Å². The van der Waals surface area contributed by atoms with Crippen LogP contribution >= 0.6 is 11.8 Å². The highest BCUT2D eigenvalue weighted by molar-refractivity contribution is 8.03. The highest BCUT2D eigenvalue weighted by Crippen LogP contribution is 2.21. The van der Waals surface area contributed by atoms with Crippen LogP contribution in [0.2, 0.25) is 0 Å². The van der Waals surface area contributed by atoms with Crippen LogP contribution in [0.1, 0.15) is 21.5 Å². The third kappa shape index (κ3) is 5.41. The fraction of sp³-hybridized carbons (Fsp3) is 0.125. The number of aldehydes is 1. The summed E-state index contributed by atoms with van der Waals surface area (Å²) < 4.78 is 0. The van der Waals surface area contributed by atoms with Gasteiger partial charge in [-0.25, -0.2) is 0 Å². The molecule has 0 unspecified atom stereocenters. The molecule has 0 radical (unpaired) electrons. The van der Waals surface area contributed by atoms with Crippen molar-refractivity contribution in [3.8, 4) is 5.40 Å². The Kier molecular flexibility index (Phi) is 6.42. The monoisotopic (exact) mass is 269 g/mol. The normalized spacial score (nSPS) is 8.89. The molecule has 0 saturated carbocycles. The average Bonchev–Trinajstić information content (AvgIpc) is 2.41. The number of aryl methyl sites for hydroxylation is 2. The molecule has 3 heteroatoms. The molecule has 96 valence electrons. The smallest absolute Gasteiger partial charge is 0.151 e. The first-order valence-corrected chi connectivity index (χ1v) is 6.62. The number of rotatable bonds is 2. The van der Waals surface area contributed by atoms with E-state index in [2.05, 4.69) is 19.1 Å². The highest BCUT2D eigenvalue weighted by atomic mass is 32.2.